The van der Waals surface area contributed by atoms with Crippen molar-refractivity contribution in [3.63, 3.8) is 0 Å². The van der Waals surface area contributed by atoms with Gasteiger partial charge in [0.05, 0.1) is 33.5 Å². The average Bonchev–Trinajstić information content (AvgIpc) is 1.52. The van der Waals surface area contributed by atoms with Crippen molar-refractivity contribution in [2.24, 2.45) is 0 Å². The van der Waals surface area contributed by atoms with Crippen molar-refractivity contribution in [1.29, 1.82) is 0 Å². The van der Waals surface area contributed by atoms with Crippen LogP contribution in [-0.4, -0.2) is 16.2 Å². The Kier molecular flexibility index (Phi) is 14.3. The Balaban J connectivity index is 1.07. The van der Waals surface area contributed by atoms with Gasteiger partial charge in [0.2, 0.25) is 0 Å². The average molecular weight is 1200 g/mol. The molecule has 0 bridgehead atoms. The number of anilines is 4. The molecule has 0 N–H and O–H groups in total. The highest BCUT2D eigenvalue weighted by atomic mass is 16.5. The number of nitrogens with zero attached hydrogens (tertiary/aromatic N) is 4. The summed E-state index contributed by atoms with van der Waals surface area (Å²) in [5.74, 6) is 2.44. The molecule has 0 spiro atoms. The van der Waals surface area contributed by atoms with Gasteiger partial charge in [-0.25, -0.2) is 4.98 Å². The van der Waals surface area contributed by atoms with Crippen molar-refractivity contribution in [1.82, 2.24) is 9.55 Å². The lowest BCUT2D eigenvalue weighted by Gasteiger charge is -2.37. The van der Waals surface area contributed by atoms with Crippen molar-refractivity contribution < 1.29 is 4.74 Å². The van der Waals surface area contributed by atoms with Crippen LogP contribution in [0.15, 0.2) is 237 Å². The van der Waals surface area contributed by atoms with E-state index in [-0.39, 0.29) is 27.1 Å². The molecule has 1 aliphatic carbocycles. The Morgan fingerprint density at radius 1 is 0.380 bits per heavy atom. The second-order valence-electron chi connectivity index (χ2n) is 31.0. The molecular weight excluding hydrogens is 1120 g/mol. The van der Waals surface area contributed by atoms with E-state index in [0.717, 1.165) is 61.9 Å². The zero-order valence-electron chi connectivity index (χ0n) is 56.4. The van der Waals surface area contributed by atoms with Crippen LogP contribution in [0.3, 0.4) is 0 Å². The number of hydrogen-bond donors (Lipinski definition) is 0. The van der Waals surface area contributed by atoms with Crippen LogP contribution in [0.2, 0.25) is 0 Å². The maximum atomic E-state index is 7.95. The third-order valence-corrected chi connectivity index (χ3v) is 19.5. The first kappa shape index (κ1) is 60.1. The topological polar surface area (TPSA) is 33.5 Å². The van der Waals surface area contributed by atoms with Gasteiger partial charge in [-0.1, -0.05) is 262 Å². The minimum Gasteiger partial charge on any atom is -0.457 e. The molecule has 0 saturated heterocycles. The van der Waals surface area contributed by atoms with E-state index in [4.69, 9.17) is 9.72 Å². The standard InChI is InChI=1S/C87H86N4O/c1-82(2,3)58-42-43-88-80(51-58)91-75-39-27-24-36-68(75)71-53-74(86(13,14)15)79(54-78(71)91)92-65-48-63(87(62-45-59(83(4,5)6)44-60(46-62)84(7,8)9)72-37-25-22-34-66(72)67-35-23-26-38-73(67)87)47-64(52-65)89-55-90(77-41-29-28-40-76(77)89)81-69(56-30-18-16-19-31-56)49-61(85(10,11)12)50-70(81)57-32-20-17-21-33-57/h16-54H,55H2,1-15H3. The van der Waals surface area contributed by atoms with E-state index in [9.17, 15) is 0 Å². The predicted octanol–water partition coefficient (Wildman–Crippen LogP) is 23.4. The van der Waals surface area contributed by atoms with Gasteiger partial charge in [0.15, 0.2) is 0 Å². The van der Waals surface area contributed by atoms with E-state index in [1.165, 1.54) is 83.4 Å². The molecule has 92 heavy (non-hydrogen) atoms. The van der Waals surface area contributed by atoms with Gasteiger partial charge >= 0.3 is 0 Å². The normalized spacial score (nSPS) is 14.0. The van der Waals surface area contributed by atoms with Crippen LogP contribution in [0.25, 0.3) is 61.0 Å². The maximum Gasteiger partial charge on any atom is 0.137 e. The van der Waals surface area contributed by atoms with E-state index in [1.54, 1.807) is 0 Å². The van der Waals surface area contributed by atoms with Crippen molar-refractivity contribution in [3.05, 3.63) is 287 Å². The summed E-state index contributed by atoms with van der Waals surface area (Å²) in [7, 11) is 0. The molecule has 1 aliphatic heterocycles. The minimum atomic E-state index is -0.793. The van der Waals surface area contributed by atoms with Crippen molar-refractivity contribution in [3.8, 4) is 50.7 Å². The number of aromatic nitrogens is 2. The monoisotopic (exact) mass is 1200 g/mol. The highest BCUT2D eigenvalue weighted by Crippen LogP contribution is 2.59. The molecule has 0 fully saturated rings. The molecule has 10 aromatic carbocycles. The number of hydrogen-bond acceptors (Lipinski definition) is 4. The van der Waals surface area contributed by atoms with Crippen LogP contribution in [0.4, 0.5) is 22.7 Å². The fourth-order valence-corrected chi connectivity index (χ4v) is 14.5. The first-order valence-corrected chi connectivity index (χ1v) is 32.9. The van der Waals surface area contributed by atoms with Crippen LogP contribution in [0.1, 0.15) is 154 Å². The molecule has 5 nitrogen and oxygen atoms in total. The number of para-hydroxylation sites is 3. The molecule has 0 saturated carbocycles. The fourth-order valence-electron chi connectivity index (χ4n) is 14.5. The molecule has 14 rings (SSSR count). The Morgan fingerprint density at radius 2 is 0.880 bits per heavy atom. The number of benzene rings is 10. The highest BCUT2D eigenvalue weighted by molar-refractivity contribution is 6.10. The molecule has 0 radical (unpaired) electrons. The van der Waals surface area contributed by atoms with Crippen LogP contribution >= 0.6 is 0 Å². The molecule has 0 amide bonds. The Morgan fingerprint density at radius 3 is 1.45 bits per heavy atom. The lowest BCUT2D eigenvalue weighted by molar-refractivity contribution is 0.455. The summed E-state index contributed by atoms with van der Waals surface area (Å²) < 4.78 is 10.3. The van der Waals surface area contributed by atoms with Gasteiger partial charge in [-0.05, 0) is 155 Å². The SMILES string of the molecule is CC(C)(C)c1cc(C(C)(C)C)cc(C2(c3cc(Oc4cc5c(cc4C(C)(C)C)c4ccccc4n5-c4cc(C(C)(C)C)ccn4)cc(N4CN(c5c(-c6ccccc6)cc(C(C)(C)C)cc5-c5ccccc5)c5ccccc54)c3)c3ccccc3-c3ccccc32)c1. The quantitative estimate of drug-likeness (QED) is 0.144. The molecule has 2 aromatic heterocycles. The van der Waals surface area contributed by atoms with Gasteiger partial charge in [-0.15, -0.1) is 0 Å². The molecular formula is C87H86N4O. The van der Waals surface area contributed by atoms with Crippen molar-refractivity contribution >= 4 is 44.6 Å². The van der Waals surface area contributed by atoms with Gasteiger partial charge in [0.25, 0.3) is 0 Å². The van der Waals surface area contributed by atoms with Gasteiger partial charge in [-0.2, -0.15) is 0 Å². The molecule has 0 unspecified atom stereocenters. The summed E-state index contributed by atoms with van der Waals surface area (Å²) in [6, 6.07) is 86.9. The Bertz CT molecular complexity index is 4700. The number of rotatable bonds is 9. The van der Waals surface area contributed by atoms with E-state index in [0.29, 0.717) is 6.67 Å². The lowest BCUT2D eigenvalue weighted by Crippen LogP contribution is -2.31. The summed E-state index contributed by atoms with van der Waals surface area (Å²) in [4.78, 5) is 10.2. The van der Waals surface area contributed by atoms with Crippen molar-refractivity contribution in [2.45, 2.75) is 136 Å². The smallest absolute Gasteiger partial charge is 0.137 e. The summed E-state index contributed by atoms with van der Waals surface area (Å²) in [5.41, 5.74) is 23.3. The molecule has 2 aliphatic rings. The molecule has 460 valence electrons. The number of ether oxygens (including phenoxy) is 1. The van der Waals surface area contributed by atoms with Gasteiger partial charge in [-0.3, -0.25) is 4.57 Å². The van der Waals surface area contributed by atoms with E-state index >= 15 is 0 Å². The number of fused-ring (bicyclic) bond motifs is 7. The van der Waals surface area contributed by atoms with E-state index in [2.05, 4.69) is 349 Å². The second kappa shape index (κ2) is 21.9. The zero-order valence-corrected chi connectivity index (χ0v) is 56.4. The Labute approximate surface area is 546 Å². The van der Waals surface area contributed by atoms with Crippen LogP contribution < -0.4 is 14.5 Å². The Hall–Kier alpha value is -9.45. The van der Waals surface area contributed by atoms with Crippen LogP contribution in [0, 0.1) is 0 Å². The zero-order chi connectivity index (χ0) is 64.4. The maximum absolute atomic E-state index is 7.95. The van der Waals surface area contributed by atoms with Gasteiger partial charge < -0.3 is 14.5 Å². The summed E-state index contributed by atoms with van der Waals surface area (Å²) in [6.07, 6.45) is 1.96. The van der Waals surface area contributed by atoms with E-state index < -0.39 is 5.41 Å². The number of pyridine rings is 1. The largest absolute Gasteiger partial charge is 0.457 e. The minimum absolute atomic E-state index is 0.0783. The van der Waals surface area contributed by atoms with Crippen LogP contribution in [0.5, 0.6) is 11.5 Å². The summed E-state index contributed by atoms with van der Waals surface area (Å²) in [6.45, 7) is 35.4. The van der Waals surface area contributed by atoms with Crippen LogP contribution in [-0.2, 0) is 32.5 Å². The second-order valence-corrected chi connectivity index (χ2v) is 31.0. The molecule has 3 heterocycles. The van der Waals surface area contributed by atoms with Gasteiger partial charge in [0, 0.05) is 51.5 Å². The third kappa shape index (κ3) is 10.3. The third-order valence-electron chi connectivity index (χ3n) is 19.5. The molecule has 12 aromatic rings. The summed E-state index contributed by atoms with van der Waals surface area (Å²) >= 11 is 0. The fraction of sp³-hybridized carbons (Fsp3) is 0.253. The van der Waals surface area contributed by atoms with Crippen molar-refractivity contribution in [2.75, 3.05) is 16.5 Å². The van der Waals surface area contributed by atoms with E-state index in [1.807, 2.05) is 6.20 Å². The molecule has 0 atom stereocenters. The van der Waals surface area contributed by atoms with Gasteiger partial charge in [0.1, 0.15) is 24.0 Å². The first-order chi connectivity index (χ1) is 43.8. The molecule has 5 heteroatoms. The predicted molar refractivity (Wildman–Crippen MR) is 389 cm³/mol. The highest BCUT2D eigenvalue weighted by Gasteiger charge is 2.48. The first-order valence-electron chi connectivity index (χ1n) is 32.9. The summed E-state index contributed by atoms with van der Waals surface area (Å²) in [5, 5.41) is 2.34. The lowest BCUT2D eigenvalue weighted by atomic mass is 9.65.